The van der Waals surface area contributed by atoms with Crippen molar-refractivity contribution in [2.75, 3.05) is 32.8 Å². The van der Waals surface area contributed by atoms with Gasteiger partial charge in [-0.2, -0.15) is 0 Å². The highest BCUT2D eigenvalue weighted by Crippen LogP contribution is 2.38. The highest BCUT2D eigenvalue weighted by molar-refractivity contribution is 5.16. The first-order valence-electron chi connectivity index (χ1n) is 7.81. The predicted molar refractivity (Wildman–Crippen MR) is 79.8 cm³/mol. The molecule has 1 spiro atoms. The van der Waals surface area contributed by atoms with Gasteiger partial charge in [0.2, 0.25) is 5.88 Å². The summed E-state index contributed by atoms with van der Waals surface area (Å²) in [4.78, 5) is 7.14. The molecule has 0 atom stereocenters. The average Bonchev–Trinajstić information content (AvgIpc) is 2.83. The Bertz CT molecular complexity index is 443. The molecule has 2 aliphatic heterocycles. The largest absolute Gasteiger partial charge is 0.478 e. The molecule has 0 aromatic carbocycles. The molecule has 2 fully saturated rings. The molecular formula is C16H25N3O. The molecule has 1 aromatic rings. The van der Waals surface area contributed by atoms with Crippen LogP contribution in [0.25, 0.3) is 0 Å². The van der Waals surface area contributed by atoms with Gasteiger partial charge in [-0.25, -0.2) is 4.98 Å². The van der Waals surface area contributed by atoms with Gasteiger partial charge in [0.25, 0.3) is 0 Å². The molecule has 0 aliphatic carbocycles. The summed E-state index contributed by atoms with van der Waals surface area (Å²) in [5, 5.41) is 3.47. The molecule has 1 N–H and O–H groups in total. The Morgan fingerprint density at radius 1 is 1.30 bits per heavy atom. The minimum Gasteiger partial charge on any atom is -0.478 e. The van der Waals surface area contributed by atoms with Gasteiger partial charge in [-0.3, -0.25) is 4.90 Å². The lowest BCUT2D eigenvalue weighted by atomic mass is 9.78. The number of ether oxygens (including phenoxy) is 1. The maximum atomic E-state index is 5.48. The number of aromatic nitrogens is 1. The number of hydrogen-bond acceptors (Lipinski definition) is 4. The van der Waals surface area contributed by atoms with Crippen LogP contribution in [-0.4, -0.2) is 42.7 Å². The lowest BCUT2D eigenvalue weighted by Gasteiger charge is -2.33. The topological polar surface area (TPSA) is 37.4 Å². The normalized spacial score (nSPS) is 22.2. The summed E-state index contributed by atoms with van der Waals surface area (Å²) in [5.41, 5.74) is 1.70. The molecular weight excluding hydrogens is 250 g/mol. The van der Waals surface area contributed by atoms with Crippen LogP contribution in [0.15, 0.2) is 18.2 Å². The number of rotatable bonds is 4. The van der Waals surface area contributed by atoms with E-state index in [0.717, 1.165) is 18.1 Å². The second-order valence-corrected chi connectivity index (χ2v) is 6.11. The smallest absolute Gasteiger partial charge is 0.213 e. The number of likely N-dealkylation sites (tertiary alicyclic amines) is 1. The molecule has 0 unspecified atom stereocenters. The minimum absolute atomic E-state index is 0.572. The van der Waals surface area contributed by atoms with Crippen molar-refractivity contribution in [1.82, 2.24) is 15.2 Å². The van der Waals surface area contributed by atoms with Crippen molar-refractivity contribution in [3.05, 3.63) is 23.9 Å². The van der Waals surface area contributed by atoms with E-state index in [-0.39, 0.29) is 0 Å². The van der Waals surface area contributed by atoms with Crippen molar-refractivity contribution in [1.29, 1.82) is 0 Å². The summed E-state index contributed by atoms with van der Waals surface area (Å²) in [5.74, 6) is 0.751. The Labute approximate surface area is 121 Å². The van der Waals surface area contributed by atoms with Gasteiger partial charge in [0.05, 0.1) is 12.3 Å². The van der Waals surface area contributed by atoms with E-state index in [0.29, 0.717) is 12.0 Å². The first kappa shape index (κ1) is 13.8. The highest BCUT2D eigenvalue weighted by Gasteiger charge is 2.38. The van der Waals surface area contributed by atoms with Gasteiger partial charge < -0.3 is 10.1 Å². The van der Waals surface area contributed by atoms with Crippen molar-refractivity contribution in [3.63, 3.8) is 0 Å². The third-order valence-electron chi connectivity index (χ3n) is 4.64. The summed E-state index contributed by atoms with van der Waals surface area (Å²) in [6.07, 6.45) is 4.01. The van der Waals surface area contributed by atoms with E-state index in [4.69, 9.17) is 4.74 Å². The summed E-state index contributed by atoms with van der Waals surface area (Å²) >= 11 is 0. The van der Waals surface area contributed by atoms with Crippen molar-refractivity contribution in [3.8, 4) is 5.88 Å². The van der Waals surface area contributed by atoms with E-state index >= 15 is 0 Å². The Morgan fingerprint density at radius 3 is 2.95 bits per heavy atom. The molecule has 4 nitrogen and oxygen atoms in total. The number of nitrogens with one attached hydrogen (secondary N) is 1. The van der Waals surface area contributed by atoms with E-state index in [2.05, 4.69) is 21.3 Å². The van der Waals surface area contributed by atoms with Gasteiger partial charge in [-0.05, 0) is 57.3 Å². The molecule has 1 aromatic heterocycles. The van der Waals surface area contributed by atoms with E-state index < -0.39 is 0 Å². The maximum absolute atomic E-state index is 5.48. The second kappa shape index (κ2) is 6.10. The molecule has 3 heterocycles. The molecule has 0 saturated carbocycles. The highest BCUT2D eigenvalue weighted by atomic mass is 16.5. The van der Waals surface area contributed by atoms with Crippen LogP contribution in [-0.2, 0) is 6.54 Å². The Morgan fingerprint density at radius 2 is 2.15 bits per heavy atom. The molecule has 2 saturated heterocycles. The van der Waals surface area contributed by atoms with Crippen LogP contribution in [0.5, 0.6) is 5.88 Å². The second-order valence-electron chi connectivity index (χ2n) is 6.11. The summed E-state index contributed by atoms with van der Waals surface area (Å²) in [7, 11) is 0. The van der Waals surface area contributed by atoms with E-state index in [1.165, 1.54) is 45.4 Å². The number of hydrogen-bond donors (Lipinski definition) is 1. The quantitative estimate of drug-likeness (QED) is 0.912. The van der Waals surface area contributed by atoms with Crippen molar-refractivity contribution < 1.29 is 4.74 Å². The Balaban J connectivity index is 1.60. The van der Waals surface area contributed by atoms with E-state index in [1.807, 2.05) is 19.1 Å². The SMILES string of the molecule is CCOc1cccc(CN2CCC3(CCNCC3)C2)n1. The fourth-order valence-corrected chi connectivity index (χ4v) is 3.53. The van der Waals surface area contributed by atoms with Gasteiger partial charge in [-0.15, -0.1) is 0 Å². The van der Waals surface area contributed by atoms with Gasteiger partial charge in [0.1, 0.15) is 0 Å². The monoisotopic (exact) mass is 275 g/mol. The third kappa shape index (κ3) is 3.13. The molecule has 0 radical (unpaired) electrons. The lowest BCUT2D eigenvalue weighted by molar-refractivity contribution is 0.193. The zero-order valence-corrected chi connectivity index (χ0v) is 12.4. The van der Waals surface area contributed by atoms with Crippen LogP contribution in [0.3, 0.4) is 0 Å². The maximum Gasteiger partial charge on any atom is 0.213 e. The fraction of sp³-hybridized carbons (Fsp3) is 0.688. The van der Waals surface area contributed by atoms with Crippen LogP contribution >= 0.6 is 0 Å². The summed E-state index contributed by atoms with van der Waals surface area (Å²) in [6, 6.07) is 6.09. The fourth-order valence-electron chi connectivity index (χ4n) is 3.53. The van der Waals surface area contributed by atoms with E-state index in [9.17, 15) is 0 Å². The minimum atomic E-state index is 0.572. The van der Waals surface area contributed by atoms with Crippen LogP contribution in [0.2, 0.25) is 0 Å². The predicted octanol–water partition coefficient (Wildman–Crippen LogP) is 2.06. The molecule has 0 amide bonds. The first-order chi connectivity index (χ1) is 9.80. The lowest BCUT2D eigenvalue weighted by Crippen LogP contribution is -2.38. The van der Waals surface area contributed by atoms with Crippen LogP contribution in [0, 0.1) is 5.41 Å². The van der Waals surface area contributed by atoms with Crippen LogP contribution in [0.1, 0.15) is 31.9 Å². The molecule has 20 heavy (non-hydrogen) atoms. The Kier molecular flexibility index (Phi) is 4.22. The summed E-state index contributed by atoms with van der Waals surface area (Å²) < 4.78 is 5.48. The van der Waals surface area contributed by atoms with Crippen molar-refractivity contribution in [2.45, 2.75) is 32.7 Å². The van der Waals surface area contributed by atoms with Crippen molar-refractivity contribution >= 4 is 0 Å². The van der Waals surface area contributed by atoms with Gasteiger partial charge in [-0.1, -0.05) is 6.07 Å². The molecule has 2 aliphatic rings. The Hall–Kier alpha value is -1.13. The summed E-state index contributed by atoms with van der Waals surface area (Å²) in [6.45, 7) is 8.44. The standard InChI is InChI=1S/C16H25N3O/c1-2-20-15-5-3-4-14(18-15)12-19-11-8-16(13-19)6-9-17-10-7-16/h3-5,17H,2,6-13H2,1H3. The number of piperidine rings is 1. The third-order valence-corrected chi connectivity index (χ3v) is 4.64. The molecule has 110 valence electrons. The first-order valence-corrected chi connectivity index (χ1v) is 7.81. The van der Waals surface area contributed by atoms with Crippen LogP contribution < -0.4 is 10.1 Å². The van der Waals surface area contributed by atoms with E-state index in [1.54, 1.807) is 0 Å². The van der Waals surface area contributed by atoms with Gasteiger partial charge in [0, 0.05) is 19.2 Å². The molecule has 4 heteroatoms. The van der Waals surface area contributed by atoms with Crippen LogP contribution in [0.4, 0.5) is 0 Å². The van der Waals surface area contributed by atoms with Crippen molar-refractivity contribution in [2.24, 2.45) is 5.41 Å². The zero-order chi connectivity index (χ0) is 13.8. The molecule has 0 bridgehead atoms. The number of nitrogens with zero attached hydrogens (tertiary/aromatic N) is 2. The molecule has 3 rings (SSSR count). The van der Waals surface area contributed by atoms with Gasteiger partial charge >= 0.3 is 0 Å². The average molecular weight is 275 g/mol. The number of pyridine rings is 1. The zero-order valence-electron chi connectivity index (χ0n) is 12.4. The van der Waals surface area contributed by atoms with Gasteiger partial charge in [0.15, 0.2) is 0 Å².